The molecule has 2 aromatic carbocycles. The van der Waals surface area contributed by atoms with Crippen molar-refractivity contribution < 1.29 is 22.7 Å². The zero-order valence-electron chi connectivity index (χ0n) is 17.4. The molecular formula is C25H29F3O2. The highest BCUT2D eigenvalue weighted by Crippen LogP contribution is 2.38. The number of alkyl halides is 3. The maximum Gasteiger partial charge on any atom is 0.491 e. The van der Waals surface area contributed by atoms with E-state index >= 15 is 0 Å². The number of hydrogen-bond donors (Lipinski definition) is 0. The lowest BCUT2D eigenvalue weighted by Crippen LogP contribution is -2.27. The first kappa shape index (κ1) is 22.4. The molecule has 2 nitrogen and oxygen atoms in total. The van der Waals surface area contributed by atoms with Gasteiger partial charge in [-0.2, -0.15) is 13.2 Å². The summed E-state index contributed by atoms with van der Waals surface area (Å²) in [5.74, 6) is -0.823. The van der Waals surface area contributed by atoms with Gasteiger partial charge in [-0.25, -0.2) is 4.79 Å². The number of rotatable bonds is 7. The molecule has 0 atom stereocenters. The largest absolute Gasteiger partial charge is 0.491 e. The lowest BCUT2D eigenvalue weighted by molar-refractivity contribution is -0.189. The van der Waals surface area contributed by atoms with E-state index in [0.29, 0.717) is 5.92 Å². The summed E-state index contributed by atoms with van der Waals surface area (Å²) in [5.41, 5.74) is 3.22. The third-order valence-electron chi connectivity index (χ3n) is 6.07. The van der Waals surface area contributed by atoms with Crippen molar-refractivity contribution >= 4 is 5.97 Å². The lowest BCUT2D eigenvalue weighted by atomic mass is 9.77. The fraction of sp³-hybridized carbons (Fsp3) is 0.480. The molecule has 1 saturated carbocycles. The van der Waals surface area contributed by atoms with E-state index in [1.54, 1.807) is 12.1 Å². The quantitative estimate of drug-likeness (QED) is 0.262. The van der Waals surface area contributed by atoms with Gasteiger partial charge in [0.25, 0.3) is 0 Å². The number of carbonyl (C=O) groups excluding carboxylic acids is 1. The van der Waals surface area contributed by atoms with E-state index in [1.165, 1.54) is 69.1 Å². The predicted molar refractivity (Wildman–Crippen MR) is 112 cm³/mol. The molecule has 0 aromatic heterocycles. The smallest absolute Gasteiger partial charge is 0.420 e. The summed E-state index contributed by atoms with van der Waals surface area (Å²) in [6, 6.07) is 14.5. The summed E-state index contributed by atoms with van der Waals surface area (Å²) in [6.45, 7) is 2.25. The highest BCUT2D eigenvalue weighted by Gasteiger charge is 2.41. The van der Waals surface area contributed by atoms with Crippen LogP contribution in [-0.4, -0.2) is 12.1 Å². The van der Waals surface area contributed by atoms with Crippen LogP contribution in [0.5, 0.6) is 5.75 Å². The molecule has 2 aromatic rings. The third-order valence-corrected chi connectivity index (χ3v) is 6.07. The van der Waals surface area contributed by atoms with E-state index in [-0.39, 0.29) is 5.75 Å². The monoisotopic (exact) mass is 418 g/mol. The Labute approximate surface area is 176 Å². The molecule has 1 fully saturated rings. The second kappa shape index (κ2) is 10.1. The minimum absolute atomic E-state index is 0.117. The van der Waals surface area contributed by atoms with Crippen molar-refractivity contribution in [2.75, 3.05) is 0 Å². The number of ether oxygens (including phenoxy) is 1. The molecule has 30 heavy (non-hydrogen) atoms. The summed E-state index contributed by atoms with van der Waals surface area (Å²) in [6.07, 6.45) is 5.47. The topological polar surface area (TPSA) is 26.3 Å². The molecule has 0 aliphatic heterocycles. The molecule has 162 valence electrons. The van der Waals surface area contributed by atoms with Crippen molar-refractivity contribution in [3.8, 4) is 16.9 Å². The van der Waals surface area contributed by atoms with Gasteiger partial charge < -0.3 is 4.74 Å². The minimum Gasteiger partial charge on any atom is -0.420 e. The zero-order valence-corrected chi connectivity index (χ0v) is 17.4. The molecule has 0 radical (unpaired) electrons. The van der Waals surface area contributed by atoms with Crippen molar-refractivity contribution in [3.05, 3.63) is 54.1 Å². The average molecular weight is 418 g/mol. The number of halogens is 3. The van der Waals surface area contributed by atoms with Gasteiger partial charge in [0.2, 0.25) is 0 Å². The van der Waals surface area contributed by atoms with Gasteiger partial charge in [-0.3, -0.25) is 0 Å². The lowest BCUT2D eigenvalue weighted by Gasteiger charge is -2.29. The van der Waals surface area contributed by atoms with Crippen molar-refractivity contribution in [2.45, 2.75) is 70.4 Å². The molecule has 0 amide bonds. The predicted octanol–water partition coefficient (Wildman–Crippen LogP) is 7.68. The molecular weight excluding hydrogens is 389 g/mol. The second-order valence-corrected chi connectivity index (χ2v) is 8.25. The van der Waals surface area contributed by atoms with Crippen LogP contribution in [0.2, 0.25) is 0 Å². The Bertz CT molecular complexity index is 802. The first-order valence-electron chi connectivity index (χ1n) is 10.9. The van der Waals surface area contributed by atoms with Crippen LogP contribution >= 0.6 is 0 Å². The molecule has 0 N–H and O–H groups in total. The standard InChI is InChI=1S/C25H29F3O2/c1-2-3-4-5-18-6-8-19(9-7-18)20-10-12-21(13-11-20)22-14-16-23(17-15-22)30-24(29)25(26,27)28/h10-19H,2-9H2,1H3. The summed E-state index contributed by atoms with van der Waals surface area (Å²) in [4.78, 5) is 10.9. The van der Waals surface area contributed by atoms with E-state index in [4.69, 9.17) is 0 Å². The molecule has 1 aliphatic rings. The molecule has 0 bridgehead atoms. The van der Waals surface area contributed by atoms with Crippen molar-refractivity contribution in [2.24, 2.45) is 5.92 Å². The van der Waals surface area contributed by atoms with E-state index in [1.807, 2.05) is 0 Å². The maximum atomic E-state index is 12.3. The number of esters is 1. The SMILES string of the molecule is CCCCCC1CCC(c2ccc(-c3ccc(OC(=O)C(F)(F)F)cc3)cc2)CC1. The molecule has 0 heterocycles. The Balaban J connectivity index is 1.55. The summed E-state index contributed by atoms with van der Waals surface area (Å²) >= 11 is 0. The van der Waals surface area contributed by atoms with Crippen molar-refractivity contribution in [3.63, 3.8) is 0 Å². The molecule has 0 unspecified atom stereocenters. The molecule has 0 saturated heterocycles. The van der Waals surface area contributed by atoms with Gasteiger partial charge in [0, 0.05) is 0 Å². The van der Waals surface area contributed by atoms with Crippen LogP contribution in [0.1, 0.15) is 69.8 Å². The van der Waals surface area contributed by atoms with Crippen LogP contribution < -0.4 is 4.74 Å². The first-order chi connectivity index (χ1) is 14.4. The van der Waals surface area contributed by atoms with Gasteiger partial charge in [-0.15, -0.1) is 0 Å². The van der Waals surface area contributed by atoms with Crippen LogP contribution in [0, 0.1) is 5.92 Å². The first-order valence-corrected chi connectivity index (χ1v) is 10.9. The highest BCUT2D eigenvalue weighted by atomic mass is 19.4. The Kier molecular flexibility index (Phi) is 7.57. The molecule has 3 rings (SSSR count). The number of unbranched alkanes of at least 4 members (excludes halogenated alkanes) is 2. The van der Waals surface area contributed by atoms with Crippen molar-refractivity contribution in [1.29, 1.82) is 0 Å². The van der Waals surface area contributed by atoms with Crippen LogP contribution in [0.4, 0.5) is 13.2 Å². The molecule has 1 aliphatic carbocycles. The number of carbonyl (C=O) groups is 1. The van der Waals surface area contributed by atoms with E-state index in [2.05, 4.69) is 35.9 Å². The Hall–Kier alpha value is -2.30. The van der Waals surface area contributed by atoms with Crippen LogP contribution in [0.25, 0.3) is 11.1 Å². The van der Waals surface area contributed by atoms with Gasteiger partial charge >= 0.3 is 12.1 Å². The molecule has 0 spiro atoms. The van der Waals surface area contributed by atoms with E-state index in [9.17, 15) is 18.0 Å². The van der Waals surface area contributed by atoms with E-state index in [0.717, 1.165) is 17.0 Å². The second-order valence-electron chi connectivity index (χ2n) is 8.25. The average Bonchev–Trinajstić information content (AvgIpc) is 2.74. The van der Waals surface area contributed by atoms with Crippen LogP contribution in [0.3, 0.4) is 0 Å². The zero-order chi connectivity index (χ0) is 21.6. The normalized spacial score (nSPS) is 19.5. The Morgan fingerprint density at radius 2 is 1.47 bits per heavy atom. The number of benzene rings is 2. The number of hydrogen-bond acceptors (Lipinski definition) is 2. The van der Waals surface area contributed by atoms with Gasteiger partial charge in [-0.05, 0) is 66.3 Å². The van der Waals surface area contributed by atoms with Gasteiger partial charge in [0.1, 0.15) is 5.75 Å². The van der Waals surface area contributed by atoms with Crippen LogP contribution in [0.15, 0.2) is 48.5 Å². The van der Waals surface area contributed by atoms with Crippen LogP contribution in [-0.2, 0) is 4.79 Å². The fourth-order valence-corrected chi connectivity index (χ4v) is 4.30. The van der Waals surface area contributed by atoms with E-state index < -0.39 is 12.1 Å². The third kappa shape index (κ3) is 6.10. The minimum atomic E-state index is -5.00. The molecule has 5 heteroatoms. The highest BCUT2D eigenvalue weighted by molar-refractivity contribution is 5.78. The fourth-order valence-electron chi connectivity index (χ4n) is 4.30. The Morgan fingerprint density at radius 1 is 0.900 bits per heavy atom. The van der Waals surface area contributed by atoms with Gasteiger partial charge in [0.15, 0.2) is 0 Å². The summed E-state index contributed by atoms with van der Waals surface area (Å²) in [7, 11) is 0. The summed E-state index contributed by atoms with van der Waals surface area (Å²) in [5, 5.41) is 0. The van der Waals surface area contributed by atoms with Gasteiger partial charge in [0.05, 0.1) is 0 Å². The Morgan fingerprint density at radius 3 is 2.00 bits per heavy atom. The van der Waals surface area contributed by atoms with Crippen molar-refractivity contribution in [1.82, 2.24) is 0 Å². The summed E-state index contributed by atoms with van der Waals surface area (Å²) < 4.78 is 41.2. The maximum absolute atomic E-state index is 12.3. The van der Waals surface area contributed by atoms with Gasteiger partial charge in [-0.1, -0.05) is 69.0 Å².